The summed E-state index contributed by atoms with van der Waals surface area (Å²) in [6.45, 7) is 7.82. The Bertz CT molecular complexity index is 942. The predicted molar refractivity (Wildman–Crippen MR) is 103 cm³/mol. The molecule has 2 aromatic rings. The van der Waals surface area contributed by atoms with Gasteiger partial charge in [-0.15, -0.1) is 0 Å². The molecule has 3 rings (SSSR count). The summed E-state index contributed by atoms with van der Waals surface area (Å²) in [5.41, 5.74) is 8.00. The van der Waals surface area contributed by atoms with Crippen LogP contribution in [0.25, 0.3) is 5.57 Å². The molecular weight excluding hydrogens is 308 g/mol. The highest BCUT2D eigenvalue weighted by Gasteiger charge is 2.20. The minimum Gasteiger partial charge on any atom is -0.508 e. The van der Waals surface area contributed by atoms with E-state index in [-0.39, 0.29) is 5.78 Å². The smallest absolute Gasteiger partial charge is 0.181 e. The Morgan fingerprint density at radius 1 is 0.800 bits per heavy atom. The normalized spacial score (nSPS) is 16.4. The zero-order valence-corrected chi connectivity index (χ0v) is 15.1. The number of benzene rings is 2. The Balaban J connectivity index is 2.38. The van der Waals surface area contributed by atoms with Gasteiger partial charge in [-0.2, -0.15) is 0 Å². The maximum Gasteiger partial charge on any atom is 0.181 e. The molecule has 0 unspecified atom stereocenters. The molecule has 0 aromatic heterocycles. The largest absolute Gasteiger partial charge is 0.508 e. The Morgan fingerprint density at radius 2 is 1.48 bits per heavy atom. The Labute approximate surface area is 148 Å². The summed E-state index contributed by atoms with van der Waals surface area (Å²) in [5, 5.41) is 10.0. The number of carbonyl (C=O) groups excluding carboxylic acids is 1. The van der Waals surface area contributed by atoms with Crippen molar-refractivity contribution in [1.82, 2.24) is 0 Å². The van der Waals surface area contributed by atoms with Gasteiger partial charge in [0.1, 0.15) is 5.75 Å². The van der Waals surface area contributed by atoms with Gasteiger partial charge in [-0.05, 0) is 84.4 Å². The molecule has 0 atom stereocenters. The summed E-state index contributed by atoms with van der Waals surface area (Å²) in [6, 6.07) is 13.9. The molecule has 0 radical (unpaired) electrons. The van der Waals surface area contributed by atoms with Crippen LogP contribution in [-0.2, 0) is 4.79 Å². The number of allylic oxidation sites excluding steroid dienone is 5. The number of phenols is 1. The van der Waals surface area contributed by atoms with Crippen LogP contribution in [0.3, 0.4) is 0 Å². The predicted octanol–water partition coefficient (Wildman–Crippen LogP) is 5.29. The van der Waals surface area contributed by atoms with Gasteiger partial charge in [0, 0.05) is 0 Å². The molecule has 0 amide bonds. The van der Waals surface area contributed by atoms with E-state index >= 15 is 0 Å². The monoisotopic (exact) mass is 330 g/mol. The average Bonchev–Trinajstić information content (AvgIpc) is 2.62. The van der Waals surface area contributed by atoms with Gasteiger partial charge < -0.3 is 5.11 Å². The fourth-order valence-electron chi connectivity index (χ4n) is 3.20. The second-order valence-corrected chi connectivity index (χ2v) is 6.48. The molecule has 0 bridgehead atoms. The van der Waals surface area contributed by atoms with Crippen LogP contribution in [-0.4, -0.2) is 10.9 Å². The lowest BCUT2D eigenvalue weighted by Crippen LogP contribution is -2.07. The van der Waals surface area contributed by atoms with Gasteiger partial charge in [-0.1, -0.05) is 42.5 Å². The van der Waals surface area contributed by atoms with E-state index in [1.165, 1.54) is 0 Å². The fraction of sp³-hybridized carbons (Fsp3) is 0.174. The van der Waals surface area contributed by atoms with E-state index in [4.69, 9.17) is 0 Å². The first kappa shape index (κ1) is 17.0. The number of hydrogen-bond acceptors (Lipinski definition) is 2. The molecule has 2 aromatic carbocycles. The van der Waals surface area contributed by atoms with Crippen molar-refractivity contribution in [1.29, 1.82) is 0 Å². The van der Waals surface area contributed by atoms with Crippen LogP contribution < -0.4 is 0 Å². The van der Waals surface area contributed by atoms with Crippen molar-refractivity contribution in [3.8, 4) is 5.75 Å². The van der Waals surface area contributed by atoms with E-state index in [1.807, 2.05) is 58.0 Å². The number of phenolic OH excluding ortho intramolecular Hbond substituents is 1. The van der Waals surface area contributed by atoms with Crippen molar-refractivity contribution in [3.63, 3.8) is 0 Å². The molecule has 0 saturated heterocycles. The van der Waals surface area contributed by atoms with E-state index in [2.05, 4.69) is 12.1 Å². The van der Waals surface area contributed by atoms with Gasteiger partial charge in [0.2, 0.25) is 0 Å². The first-order chi connectivity index (χ1) is 11.9. The highest BCUT2D eigenvalue weighted by atomic mass is 16.3. The second-order valence-electron chi connectivity index (χ2n) is 6.48. The highest BCUT2D eigenvalue weighted by Crippen LogP contribution is 2.37. The van der Waals surface area contributed by atoms with Gasteiger partial charge in [-0.25, -0.2) is 0 Å². The quantitative estimate of drug-likeness (QED) is 0.812. The van der Waals surface area contributed by atoms with Crippen molar-refractivity contribution in [2.45, 2.75) is 27.7 Å². The molecule has 0 spiro atoms. The lowest BCUT2D eigenvalue weighted by Gasteiger charge is -2.21. The summed E-state index contributed by atoms with van der Waals surface area (Å²) >= 11 is 0. The zero-order chi connectivity index (χ0) is 18.1. The third kappa shape index (κ3) is 2.96. The molecule has 1 aliphatic carbocycles. The van der Waals surface area contributed by atoms with E-state index in [0.717, 1.165) is 44.5 Å². The van der Waals surface area contributed by atoms with E-state index < -0.39 is 0 Å². The van der Waals surface area contributed by atoms with Crippen LogP contribution in [0.15, 0.2) is 71.3 Å². The number of ketones is 1. The molecule has 2 nitrogen and oxygen atoms in total. The van der Waals surface area contributed by atoms with Crippen LogP contribution in [0.2, 0.25) is 0 Å². The molecule has 126 valence electrons. The summed E-state index contributed by atoms with van der Waals surface area (Å²) in [5.74, 6) is 0.365. The average molecular weight is 330 g/mol. The zero-order valence-electron chi connectivity index (χ0n) is 15.1. The van der Waals surface area contributed by atoms with Crippen molar-refractivity contribution in [3.05, 3.63) is 93.6 Å². The summed E-state index contributed by atoms with van der Waals surface area (Å²) in [4.78, 5) is 12.0. The third-order valence-corrected chi connectivity index (χ3v) is 5.10. The first-order valence-electron chi connectivity index (χ1n) is 8.41. The van der Waals surface area contributed by atoms with Crippen molar-refractivity contribution < 1.29 is 9.90 Å². The van der Waals surface area contributed by atoms with Gasteiger partial charge in [-0.3, -0.25) is 4.79 Å². The van der Waals surface area contributed by atoms with Crippen LogP contribution in [0.4, 0.5) is 0 Å². The van der Waals surface area contributed by atoms with Gasteiger partial charge in [0.05, 0.1) is 0 Å². The topological polar surface area (TPSA) is 37.3 Å². The van der Waals surface area contributed by atoms with Crippen LogP contribution in [0.5, 0.6) is 5.75 Å². The molecule has 0 aliphatic heterocycles. The Morgan fingerprint density at radius 3 is 2.16 bits per heavy atom. The molecule has 0 saturated carbocycles. The first-order valence-corrected chi connectivity index (χ1v) is 8.41. The van der Waals surface area contributed by atoms with E-state index in [1.54, 1.807) is 12.1 Å². The lowest BCUT2D eigenvalue weighted by molar-refractivity contribution is -0.111. The SMILES string of the molecule is CC1=C(C)/C(=C(/c2ccccc2)c2ccc(O)c(C)c2C)C=CC1=O. The van der Waals surface area contributed by atoms with Crippen LogP contribution >= 0.6 is 0 Å². The second kappa shape index (κ2) is 6.56. The number of hydrogen-bond donors (Lipinski definition) is 1. The molecule has 1 aliphatic rings. The summed E-state index contributed by atoms with van der Waals surface area (Å²) < 4.78 is 0. The number of carbonyl (C=O) groups is 1. The van der Waals surface area contributed by atoms with Crippen molar-refractivity contribution >= 4 is 11.4 Å². The molecule has 0 fully saturated rings. The standard InChI is InChI=1S/C23H22O2/c1-14-16(3)21(24)12-10-19(14)23(18-8-6-5-7-9-18)20-11-13-22(25)17(4)15(20)2/h5-13,24H,1-4H3/b23-20-. The van der Waals surface area contributed by atoms with Gasteiger partial charge in [0.25, 0.3) is 0 Å². The molecule has 2 heteroatoms. The third-order valence-electron chi connectivity index (χ3n) is 5.10. The van der Waals surface area contributed by atoms with Crippen molar-refractivity contribution in [2.24, 2.45) is 0 Å². The fourth-order valence-corrected chi connectivity index (χ4v) is 3.20. The number of aromatic hydroxyl groups is 1. The summed E-state index contributed by atoms with van der Waals surface area (Å²) in [6.07, 6.45) is 3.55. The molecule has 0 heterocycles. The van der Waals surface area contributed by atoms with Crippen molar-refractivity contribution in [2.75, 3.05) is 0 Å². The maximum absolute atomic E-state index is 12.0. The summed E-state index contributed by atoms with van der Waals surface area (Å²) in [7, 11) is 0. The van der Waals surface area contributed by atoms with E-state index in [9.17, 15) is 9.90 Å². The minimum absolute atomic E-state index is 0.0623. The van der Waals surface area contributed by atoms with Crippen LogP contribution in [0, 0.1) is 13.8 Å². The minimum atomic E-state index is 0.0623. The highest BCUT2D eigenvalue weighted by molar-refractivity contribution is 6.08. The van der Waals surface area contributed by atoms with Gasteiger partial charge in [0.15, 0.2) is 5.78 Å². The molecular formula is C23H22O2. The van der Waals surface area contributed by atoms with Crippen LogP contribution in [0.1, 0.15) is 36.1 Å². The molecule has 25 heavy (non-hydrogen) atoms. The Hall–Kier alpha value is -2.87. The molecule has 1 N–H and O–H groups in total. The Kier molecular flexibility index (Phi) is 4.45. The van der Waals surface area contributed by atoms with E-state index in [0.29, 0.717) is 5.75 Å². The lowest BCUT2D eigenvalue weighted by atomic mass is 9.83. The number of rotatable bonds is 2. The van der Waals surface area contributed by atoms with Gasteiger partial charge >= 0.3 is 0 Å². The maximum atomic E-state index is 12.0.